The summed E-state index contributed by atoms with van der Waals surface area (Å²) in [6, 6.07) is 2.88. The molecule has 4 N–H and O–H groups in total. The number of imide groups is 1. The second kappa shape index (κ2) is 17.2. The molecule has 20 heteroatoms. The Morgan fingerprint density at radius 3 is 1.90 bits per heavy atom. The molecule has 2 aromatic carbocycles. The molecule has 2 aromatic rings. The number of benzene rings is 2. The van der Waals surface area contributed by atoms with Crippen molar-refractivity contribution in [2.75, 3.05) is 20.8 Å². The average Bonchev–Trinajstić information content (AvgIpc) is 3.03. The Kier molecular flexibility index (Phi) is 14.4. The predicted molar refractivity (Wildman–Crippen MR) is 164 cm³/mol. The van der Waals surface area contributed by atoms with E-state index >= 15 is 8.78 Å². The maximum Gasteiger partial charge on any atom is 0.471 e. The highest BCUT2D eigenvalue weighted by Crippen LogP contribution is 2.35. The minimum Gasteiger partial charge on any atom is -0.497 e. The van der Waals surface area contributed by atoms with Crippen molar-refractivity contribution in [3.8, 4) is 5.75 Å². The third-order valence-corrected chi connectivity index (χ3v) is 7.50. The number of alkyl halides is 7. The van der Waals surface area contributed by atoms with Crippen LogP contribution in [-0.2, 0) is 34.6 Å². The summed E-state index contributed by atoms with van der Waals surface area (Å²) in [4.78, 5) is 62.6. The molecule has 0 aliphatic heterocycles. The molecule has 3 atom stereocenters. The van der Waals surface area contributed by atoms with E-state index in [1.54, 1.807) is 0 Å². The number of hydrogen-bond acceptors (Lipinski definition) is 7. The molecule has 0 saturated heterocycles. The Balaban J connectivity index is 2.39. The van der Waals surface area contributed by atoms with Crippen LogP contribution in [0.15, 0.2) is 42.5 Å². The molecule has 276 valence electrons. The van der Waals surface area contributed by atoms with Gasteiger partial charge in [-0.3, -0.25) is 29.3 Å². The molecule has 5 amide bonds. The summed E-state index contributed by atoms with van der Waals surface area (Å²) in [6.07, 6.45) is -7.22. The first kappa shape index (κ1) is 42.0. The van der Waals surface area contributed by atoms with Gasteiger partial charge in [-0.15, -0.1) is 0 Å². The number of carbonyl (C=O) groups is 5. The first-order valence-electron chi connectivity index (χ1n) is 14.2. The van der Waals surface area contributed by atoms with Gasteiger partial charge >= 0.3 is 23.9 Å². The molecule has 50 heavy (non-hydrogen) atoms. The summed E-state index contributed by atoms with van der Waals surface area (Å²) in [7, 11) is 2.38. The third kappa shape index (κ3) is 11.2. The van der Waals surface area contributed by atoms with E-state index in [-0.39, 0.29) is 16.3 Å². The SMILES string of the molecule is COC[C@H](NC(=O)C(F)(F)c1cc(Cl)ccc1Cl)C(=O)N[C@H](C(=O)N[C@@H](CC(F)(F)C(=O)NC(=O)C(F)(F)F)C(C)C)c1ccc(OC)cc1. The standard InChI is InChI=1S/C30H31Cl2F7N4O7/c1-14(2)20(12-28(33,34)25(46)43-27(48)30(37,38)39)40-24(45)22(15-5-8-17(50-4)9-6-15)42-23(44)21(13-49-3)41-26(47)29(35,36)18-11-16(31)7-10-19(18)32/h5-11,14,20-22H,12-13H2,1-4H3,(H,40,45)(H,41,47)(H,42,44)(H,43,46,48)/t20-,21-,22-/m0/s1. The van der Waals surface area contributed by atoms with E-state index in [9.17, 15) is 45.9 Å². The van der Waals surface area contributed by atoms with Crippen molar-refractivity contribution in [3.05, 3.63) is 63.6 Å². The monoisotopic (exact) mass is 762 g/mol. The summed E-state index contributed by atoms with van der Waals surface area (Å²) in [5.74, 6) is -19.5. The van der Waals surface area contributed by atoms with Gasteiger partial charge in [0, 0.05) is 24.6 Å². The van der Waals surface area contributed by atoms with Crippen LogP contribution in [0.3, 0.4) is 0 Å². The van der Waals surface area contributed by atoms with Gasteiger partial charge < -0.3 is 25.4 Å². The topological polar surface area (TPSA) is 152 Å². The number of methoxy groups -OCH3 is 2. The van der Waals surface area contributed by atoms with Crippen LogP contribution in [0.5, 0.6) is 5.75 Å². The average molecular weight is 763 g/mol. The fourth-order valence-electron chi connectivity index (χ4n) is 4.15. The largest absolute Gasteiger partial charge is 0.497 e. The summed E-state index contributed by atoms with van der Waals surface area (Å²) < 4.78 is 107. The van der Waals surface area contributed by atoms with Crippen LogP contribution in [0.4, 0.5) is 30.7 Å². The number of carbonyl (C=O) groups excluding carboxylic acids is 5. The lowest BCUT2D eigenvalue weighted by atomic mass is 9.95. The van der Waals surface area contributed by atoms with Crippen LogP contribution in [0.25, 0.3) is 0 Å². The molecular formula is C30H31Cl2F7N4O7. The lowest BCUT2D eigenvalue weighted by Gasteiger charge is -2.29. The summed E-state index contributed by atoms with van der Waals surface area (Å²) in [5, 5.41) is 6.11. The van der Waals surface area contributed by atoms with Crippen LogP contribution in [0, 0.1) is 5.92 Å². The Hall–Kier alpha value is -4.16. The van der Waals surface area contributed by atoms with Gasteiger partial charge in [-0.25, -0.2) is 0 Å². The highest BCUT2D eigenvalue weighted by Gasteiger charge is 2.48. The van der Waals surface area contributed by atoms with E-state index in [4.69, 9.17) is 32.7 Å². The van der Waals surface area contributed by atoms with Crippen molar-refractivity contribution in [2.24, 2.45) is 5.92 Å². The van der Waals surface area contributed by atoms with Gasteiger partial charge in [0.25, 0.3) is 11.8 Å². The summed E-state index contributed by atoms with van der Waals surface area (Å²) in [6.45, 7) is 1.93. The van der Waals surface area contributed by atoms with Crippen molar-refractivity contribution in [3.63, 3.8) is 0 Å². The Bertz CT molecular complexity index is 1560. The van der Waals surface area contributed by atoms with Gasteiger partial charge in [0.05, 0.1) is 24.3 Å². The zero-order valence-corrected chi connectivity index (χ0v) is 28.0. The van der Waals surface area contributed by atoms with E-state index in [2.05, 4.69) is 10.6 Å². The molecule has 0 aromatic heterocycles. The number of halogens is 9. The first-order chi connectivity index (χ1) is 23.0. The molecule has 0 saturated carbocycles. The lowest BCUT2D eigenvalue weighted by Crippen LogP contribution is -2.56. The van der Waals surface area contributed by atoms with Gasteiger partial charge in [-0.2, -0.15) is 30.7 Å². The van der Waals surface area contributed by atoms with Crippen molar-refractivity contribution >= 4 is 52.7 Å². The fraction of sp³-hybridized carbons (Fsp3) is 0.433. The molecule has 0 aliphatic rings. The molecule has 0 radical (unpaired) electrons. The van der Waals surface area contributed by atoms with Crippen LogP contribution in [0.2, 0.25) is 10.0 Å². The molecule has 0 aliphatic carbocycles. The van der Waals surface area contributed by atoms with Crippen molar-refractivity contribution in [2.45, 2.75) is 56.4 Å². The number of nitrogens with one attached hydrogen (secondary N) is 4. The van der Waals surface area contributed by atoms with Gasteiger partial charge in [-0.05, 0) is 41.8 Å². The van der Waals surface area contributed by atoms with Gasteiger partial charge in [-0.1, -0.05) is 49.2 Å². The number of ether oxygens (including phenoxy) is 2. The number of amides is 5. The zero-order valence-electron chi connectivity index (χ0n) is 26.5. The molecular weight excluding hydrogens is 732 g/mol. The molecule has 0 heterocycles. The Labute approximate surface area is 290 Å². The number of rotatable bonds is 15. The summed E-state index contributed by atoms with van der Waals surface area (Å²) >= 11 is 11.6. The predicted octanol–water partition coefficient (Wildman–Crippen LogP) is 4.45. The van der Waals surface area contributed by atoms with Crippen molar-refractivity contribution in [1.29, 1.82) is 0 Å². The Morgan fingerprint density at radius 2 is 1.38 bits per heavy atom. The third-order valence-electron chi connectivity index (χ3n) is 6.93. The second-order valence-electron chi connectivity index (χ2n) is 10.9. The molecule has 0 bridgehead atoms. The van der Waals surface area contributed by atoms with Gasteiger partial charge in [0.2, 0.25) is 11.8 Å². The normalized spacial score (nSPS) is 13.9. The fourth-order valence-corrected chi connectivity index (χ4v) is 4.56. The molecule has 2 rings (SSSR count). The van der Waals surface area contributed by atoms with E-state index in [1.807, 2.05) is 5.32 Å². The minimum absolute atomic E-state index is 0.0158. The molecule has 0 unspecified atom stereocenters. The maximum atomic E-state index is 15.2. The van der Waals surface area contributed by atoms with Crippen molar-refractivity contribution < 1.29 is 64.2 Å². The molecule has 0 fully saturated rings. The maximum absolute atomic E-state index is 15.2. The Morgan fingerprint density at radius 1 is 0.780 bits per heavy atom. The van der Waals surface area contributed by atoms with Gasteiger partial charge in [0.1, 0.15) is 17.8 Å². The molecule has 0 spiro atoms. The molecule has 11 nitrogen and oxygen atoms in total. The van der Waals surface area contributed by atoms with E-state index in [0.29, 0.717) is 5.32 Å². The lowest BCUT2D eigenvalue weighted by molar-refractivity contribution is -0.178. The van der Waals surface area contributed by atoms with E-state index in [0.717, 1.165) is 19.2 Å². The van der Waals surface area contributed by atoms with E-state index < -0.39 is 95.2 Å². The van der Waals surface area contributed by atoms with Crippen molar-refractivity contribution in [1.82, 2.24) is 21.3 Å². The summed E-state index contributed by atoms with van der Waals surface area (Å²) in [5.41, 5.74) is -0.998. The highest BCUT2D eigenvalue weighted by molar-refractivity contribution is 6.33. The van der Waals surface area contributed by atoms with Gasteiger partial charge in [0.15, 0.2) is 0 Å². The minimum atomic E-state index is -5.64. The van der Waals surface area contributed by atoms with E-state index in [1.165, 1.54) is 51.3 Å². The highest BCUT2D eigenvalue weighted by atomic mass is 35.5. The smallest absolute Gasteiger partial charge is 0.471 e. The zero-order chi connectivity index (χ0) is 38.2. The van der Waals surface area contributed by atoms with Crippen LogP contribution >= 0.6 is 23.2 Å². The van der Waals surface area contributed by atoms with Crippen LogP contribution < -0.4 is 26.0 Å². The second-order valence-corrected chi connectivity index (χ2v) is 11.8. The van der Waals surface area contributed by atoms with Crippen LogP contribution in [0.1, 0.15) is 37.4 Å². The first-order valence-corrected chi connectivity index (χ1v) is 15.0. The van der Waals surface area contributed by atoms with Crippen LogP contribution in [-0.4, -0.2) is 74.5 Å². The quantitative estimate of drug-likeness (QED) is 0.196. The number of hydrogen-bond donors (Lipinski definition) is 4.